The summed E-state index contributed by atoms with van der Waals surface area (Å²) in [4.78, 5) is 38.0. The van der Waals surface area contributed by atoms with Gasteiger partial charge in [0, 0.05) is 13.0 Å². The zero-order chi connectivity index (χ0) is 43.4. The summed E-state index contributed by atoms with van der Waals surface area (Å²) in [5.74, 6) is 0.682. The number of aromatic amines is 1. The van der Waals surface area contributed by atoms with Crippen molar-refractivity contribution in [3.8, 4) is 11.5 Å². The second-order valence-corrected chi connectivity index (χ2v) is 22.2. The Bertz CT molecular complexity index is 2270. The molecule has 2 N–H and O–H groups in total. The molecule has 5 aromatic rings. The third-order valence-corrected chi connectivity index (χ3v) is 16.8. The van der Waals surface area contributed by atoms with E-state index in [9.17, 15) is 14.2 Å². The molecular weight excluding hydrogens is 806 g/mol. The summed E-state index contributed by atoms with van der Waals surface area (Å²) in [5, 5.41) is 2.46. The number of carbonyl (C=O) groups is 1. The highest BCUT2D eigenvalue weighted by Gasteiger charge is 2.53. The third-order valence-electron chi connectivity index (χ3n) is 11.6. The molecule has 1 saturated heterocycles. The van der Waals surface area contributed by atoms with Gasteiger partial charge in [-0.05, 0) is 65.5 Å². The van der Waals surface area contributed by atoms with Gasteiger partial charge in [-0.2, -0.15) is 4.98 Å². The van der Waals surface area contributed by atoms with Crippen molar-refractivity contribution in [2.24, 2.45) is 5.92 Å². The number of hydrogen-bond acceptors (Lipinski definition) is 12. The van der Waals surface area contributed by atoms with E-state index in [0.29, 0.717) is 17.9 Å². The summed E-state index contributed by atoms with van der Waals surface area (Å²) in [6.45, 7) is 14.1. The van der Waals surface area contributed by atoms with E-state index in [1.54, 1.807) is 25.7 Å². The average molecular weight is 862 g/mol. The van der Waals surface area contributed by atoms with Crippen molar-refractivity contribution in [1.29, 1.82) is 0 Å². The van der Waals surface area contributed by atoms with Gasteiger partial charge in [0.25, 0.3) is 5.56 Å². The van der Waals surface area contributed by atoms with E-state index in [4.69, 9.17) is 32.4 Å². The van der Waals surface area contributed by atoms with Gasteiger partial charge in [-0.1, -0.05) is 89.2 Å². The molecule has 0 spiro atoms. The summed E-state index contributed by atoms with van der Waals surface area (Å²) in [5.41, 5.74) is 0.792. The minimum atomic E-state index is -3.08. The number of nitrogens with one attached hydrogen (secondary N) is 2. The van der Waals surface area contributed by atoms with Gasteiger partial charge < -0.3 is 32.4 Å². The summed E-state index contributed by atoms with van der Waals surface area (Å²) in [7, 11) is -1.20. The van der Waals surface area contributed by atoms with Crippen LogP contribution < -0.4 is 20.3 Å². The van der Waals surface area contributed by atoms with Gasteiger partial charge in [-0.15, -0.1) is 0 Å². The molecule has 2 unspecified atom stereocenters. The van der Waals surface area contributed by atoms with Crippen LogP contribution in [-0.2, 0) is 37.9 Å². The molecule has 3 heterocycles. The van der Waals surface area contributed by atoms with E-state index < -0.39 is 52.3 Å². The number of H-pyrrole nitrogens is 1. The smallest absolute Gasteiger partial charge is 0.319 e. The summed E-state index contributed by atoms with van der Waals surface area (Å²) >= 11 is 0. The van der Waals surface area contributed by atoms with Gasteiger partial charge in [0.2, 0.25) is 11.9 Å². The monoisotopic (exact) mass is 861 g/mol. The van der Waals surface area contributed by atoms with Crippen LogP contribution in [0, 0.1) is 5.92 Å². The van der Waals surface area contributed by atoms with E-state index in [-0.39, 0.29) is 40.6 Å². The van der Waals surface area contributed by atoms with Crippen molar-refractivity contribution in [1.82, 2.24) is 19.5 Å². The first-order chi connectivity index (χ1) is 28.6. The van der Waals surface area contributed by atoms with Crippen LogP contribution in [-0.4, -0.2) is 80.0 Å². The standard InChI is InChI=1S/C43H56N5O10PSi/c1-11-27(2)38(49)46-41-45-37-34(39(50)47-41)44-26-48(37)40-36(58-60(9,10)42(3,4)5)35(57-59(51)54-8)33(56-40)25-55-43(28-15-13-12-14-16-28,29-17-21-31(52-6)22-18-29)30-19-23-32(53-7)24-20-30/h12-24,26-27,33,35-36,40,59H,11,25H2,1-10H3,(H2,45,46,47,49,50)/t27?,33-,35+,36+,40-/m1/s1. The third kappa shape index (κ3) is 9.15. The van der Waals surface area contributed by atoms with Gasteiger partial charge in [-0.25, -0.2) is 4.98 Å². The van der Waals surface area contributed by atoms with Crippen molar-refractivity contribution in [3.05, 3.63) is 112 Å². The highest BCUT2D eigenvalue weighted by atomic mass is 31.1. The number of ether oxygens (including phenoxy) is 4. The fourth-order valence-corrected chi connectivity index (χ4v) is 8.78. The number of benzene rings is 3. The number of carbonyl (C=O) groups excluding carboxylic acids is 1. The van der Waals surface area contributed by atoms with Crippen LogP contribution >= 0.6 is 8.25 Å². The molecule has 1 fully saturated rings. The number of fused-ring (bicyclic) bond motifs is 1. The lowest BCUT2D eigenvalue weighted by molar-refractivity contribution is -0.119. The molecule has 15 nitrogen and oxygen atoms in total. The Morgan fingerprint density at radius 3 is 2.05 bits per heavy atom. The molecule has 322 valence electrons. The number of aromatic nitrogens is 4. The first-order valence-electron chi connectivity index (χ1n) is 19.9. The van der Waals surface area contributed by atoms with Crippen LogP contribution in [0.5, 0.6) is 11.5 Å². The average Bonchev–Trinajstić information content (AvgIpc) is 3.81. The van der Waals surface area contributed by atoms with Gasteiger partial charge in [0.05, 0.1) is 27.2 Å². The van der Waals surface area contributed by atoms with Gasteiger partial charge in [0.15, 0.2) is 25.7 Å². The van der Waals surface area contributed by atoms with E-state index >= 15 is 0 Å². The zero-order valence-corrected chi connectivity index (χ0v) is 37.8. The first kappa shape index (κ1) is 44.9. The van der Waals surface area contributed by atoms with Crippen LogP contribution in [0.25, 0.3) is 11.2 Å². The zero-order valence-electron chi connectivity index (χ0n) is 35.8. The topological polar surface area (TPSA) is 174 Å². The van der Waals surface area contributed by atoms with Crippen molar-refractivity contribution in [2.75, 3.05) is 33.3 Å². The number of imidazole rings is 1. The molecule has 3 aromatic carbocycles. The van der Waals surface area contributed by atoms with E-state index in [2.05, 4.69) is 54.1 Å². The molecule has 0 aliphatic carbocycles. The first-order valence-corrected chi connectivity index (χ1v) is 24.0. The van der Waals surface area contributed by atoms with Crippen molar-refractivity contribution < 1.29 is 41.8 Å². The normalized spacial score (nSPS) is 19.6. The van der Waals surface area contributed by atoms with Crippen LogP contribution in [0.4, 0.5) is 5.95 Å². The lowest BCUT2D eigenvalue weighted by atomic mass is 9.80. The number of methoxy groups -OCH3 is 2. The number of hydrogen-bond donors (Lipinski definition) is 2. The number of nitrogens with zero attached hydrogens (tertiary/aromatic N) is 3. The maximum absolute atomic E-state index is 13.4. The van der Waals surface area contributed by atoms with Crippen molar-refractivity contribution in [3.63, 3.8) is 0 Å². The van der Waals surface area contributed by atoms with Crippen LogP contribution in [0.3, 0.4) is 0 Å². The Labute approximate surface area is 352 Å². The molecular formula is C43H56N5O10PSi. The Morgan fingerprint density at radius 2 is 1.52 bits per heavy atom. The minimum absolute atomic E-state index is 0.0240. The maximum Gasteiger partial charge on any atom is 0.319 e. The molecule has 6 rings (SSSR count). The maximum atomic E-state index is 13.4. The van der Waals surface area contributed by atoms with E-state index in [1.807, 2.05) is 85.8 Å². The number of amides is 1. The predicted octanol–water partition coefficient (Wildman–Crippen LogP) is 7.84. The van der Waals surface area contributed by atoms with Gasteiger partial charge in [0.1, 0.15) is 35.4 Å². The molecule has 6 atom stereocenters. The largest absolute Gasteiger partial charge is 0.497 e. The van der Waals surface area contributed by atoms with Crippen LogP contribution in [0.2, 0.25) is 18.1 Å². The molecule has 0 bridgehead atoms. The Balaban J connectivity index is 1.51. The fraction of sp³-hybridized carbons (Fsp3) is 0.442. The lowest BCUT2D eigenvalue weighted by Crippen LogP contribution is -2.49. The van der Waals surface area contributed by atoms with E-state index in [0.717, 1.165) is 16.7 Å². The molecule has 17 heteroatoms. The highest BCUT2D eigenvalue weighted by molar-refractivity contribution is 7.33. The highest BCUT2D eigenvalue weighted by Crippen LogP contribution is 2.47. The molecule has 2 aromatic heterocycles. The minimum Gasteiger partial charge on any atom is -0.497 e. The van der Waals surface area contributed by atoms with Crippen LogP contribution in [0.15, 0.2) is 90.0 Å². The Kier molecular flexibility index (Phi) is 13.9. The predicted molar refractivity (Wildman–Crippen MR) is 231 cm³/mol. The molecule has 0 saturated carbocycles. The summed E-state index contributed by atoms with van der Waals surface area (Å²) in [6, 6.07) is 25.1. The quantitative estimate of drug-likeness (QED) is 0.0528. The second-order valence-electron chi connectivity index (χ2n) is 16.3. The molecule has 60 heavy (non-hydrogen) atoms. The fourth-order valence-electron chi connectivity index (χ4n) is 6.89. The SMILES string of the molecule is CCC(C)C(=O)Nc1nc2c(ncn2[C@@H]2O[C@H](COC(c3ccccc3)(c3ccc(OC)cc3)c3ccc(OC)cc3)[C@H](O[PH](=O)OC)[C@@H]2O[Si](C)(C)C(C)(C)C)c(=O)[nH]1. The Hall–Kier alpha value is -4.67. The van der Waals surface area contributed by atoms with Crippen LogP contribution in [0.1, 0.15) is 64.0 Å². The molecule has 1 aliphatic rings. The number of rotatable bonds is 17. The van der Waals surface area contributed by atoms with Gasteiger partial charge in [-0.3, -0.25) is 29.0 Å². The van der Waals surface area contributed by atoms with Crippen molar-refractivity contribution >= 4 is 39.6 Å². The summed E-state index contributed by atoms with van der Waals surface area (Å²) in [6.07, 6.45) is -1.85. The summed E-state index contributed by atoms with van der Waals surface area (Å²) < 4.78 is 58.9. The number of anilines is 1. The lowest BCUT2D eigenvalue weighted by Gasteiger charge is -2.40. The van der Waals surface area contributed by atoms with Gasteiger partial charge >= 0.3 is 8.25 Å². The van der Waals surface area contributed by atoms with Crippen molar-refractivity contribution in [2.45, 2.75) is 89.3 Å². The molecule has 0 radical (unpaired) electrons. The molecule has 1 aliphatic heterocycles. The van der Waals surface area contributed by atoms with E-state index in [1.165, 1.54) is 13.4 Å². The molecule has 1 amide bonds. The Morgan fingerprint density at radius 1 is 0.933 bits per heavy atom. The second kappa shape index (κ2) is 18.5.